The van der Waals surface area contributed by atoms with Crippen LogP contribution < -0.4 is 5.32 Å². The lowest BCUT2D eigenvalue weighted by Gasteiger charge is -2.04. The lowest BCUT2D eigenvalue weighted by molar-refractivity contribution is -0.120. The van der Waals surface area contributed by atoms with E-state index in [1.54, 1.807) is 16.6 Å². The van der Waals surface area contributed by atoms with E-state index in [0.717, 1.165) is 21.4 Å². The third-order valence-corrected chi connectivity index (χ3v) is 4.34. The first-order chi connectivity index (χ1) is 10.6. The van der Waals surface area contributed by atoms with Gasteiger partial charge in [0.1, 0.15) is 5.01 Å². The van der Waals surface area contributed by atoms with Crippen LogP contribution in [-0.4, -0.2) is 32.3 Å². The van der Waals surface area contributed by atoms with Crippen LogP contribution in [0.15, 0.2) is 24.3 Å². The number of hydrogen-bond donors (Lipinski definition) is 1. The number of carbonyl (C=O) groups is 1. The minimum atomic E-state index is -0.0125. The zero-order valence-corrected chi connectivity index (χ0v) is 13.5. The van der Waals surface area contributed by atoms with Crippen LogP contribution in [-0.2, 0) is 17.6 Å². The molecular formula is C14H14ClN5OS. The highest BCUT2D eigenvalue weighted by atomic mass is 35.5. The summed E-state index contributed by atoms with van der Waals surface area (Å²) in [5, 5.41) is 16.9. The Morgan fingerprint density at radius 2 is 2.09 bits per heavy atom. The summed E-state index contributed by atoms with van der Waals surface area (Å²) >= 11 is 7.30. The fourth-order valence-electron chi connectivity index (χ4n) is 2.01. The zero-order chi connectivity index (χ0) is 15.5. The summed E-state index contributed by atoms with van der Waals surface area (Å²) in [5.41, 5.74) is 0.941. The van der Waals surface area contributed by atoms with Crippen molar-refractivity contribution in [2.24, 2.45) is 0 Å². The molecule has 22 heavy (non-hydrogen) atoms. The van der Waals surface area contributed by atoms with Gasteiger partial charge >= 0.3 is 0 Å². The molecule has 1 N–H and O–H groups in total. The average molecular weight is 336 g/mol. The number of fused-ring (bicyclic) bond motifs is 1. The molecule has 2 aromatic heterocycles. The van der Waals surface area contributed by atoms with Gasteiger partial charge in [-0.2, -0.15) is 9.61 Å². The summed E-state index contributed by atoms with van der Waals surface area (Å²) in [6.07, 6.45) is 1.03. The van der Waals surface area contributed by atoms with E-state index in [4.69, 9.17) is 11.6 Å². The molecule has 0 unspecified atom stereocenters. The van der Waals surface area contributed by atoms with E-state index < -0.39 is 0 Å². The molecule has 8 heteroatoms. The minimum absolute atomic E-state index is 0.0125. The number of rotatable bonds is 5. The first-order valence-corrected chi connectivity index (χ1v) is 8.00. The summed E-state index contributed by atoms with van der Waals surface area (Å²) in [6.45, 7) is 2.41. The number of nitrogens with one attached hydrogen (secondary N) is 1. The second kappa shape index (κ2) is 6.41. The number of halogens is 1. The maximum atomic E-state index is 11.9. The number of benzene rings is 1. The van der Waals surface area contributed by atoms with Gasteiger partial charge in [0.25, 0.3) is 0 Å². The fraction of sp³-hybridized carbons (Fsp3) is 0.286. The van der Waals surface area contributed by atoms with E-state index in [0.29, 0.717) is 24.4 Å². The van der Waals surface area contributed by atoms with Crippen molar-refractivity contribution >= 4 is 33.8 Å². The Labute approximate surface area is 136 Å². The third kappa shape index (κ3) is 3.42. The van der Waals surface area contributed by atoms with Crippen LogP contribution in [0.2, 0.25) is 5.02 Å². The van der Waals surface area contributed by atoms with Gasteiger partial charge in [0.2, 0.25) is 10.9 Å². The van der Waals surface area contributed by atoms with Gasteiger partial charge in [-0.1, -0.05) is 35.1 Å². The lowest BCUT2D eigenvalue weighted by Crippen LogP contribution is -2.27. The Morgan fingerprint density at radius 1 is 1.32 bits per heavy atom. The Bertz CT molecular complexity index is 795. The molecular weight excluding hydrogens is 322 g/mol. The molecule has 0 fully saturated rings. The van der Waals surface area contributed by atoms with Crippen molar-refractivity contribution < 1.29 is 4.79 Å². The first-order valence-electron chi connectivity index (χ1n) is 6.80. The molecule has 0 spiro atoms. The van der Waals surface area contributed by atoms with Crippen LogP contribution in [0.1, 0.15) is 16.4 Å². The summed E-state index contributed by atoms with van der Waals surface area (Å²) in [7, 11) is 0. The highest BCUT2D eigenvalue weighted by Gasteiger charge is 2.09. The molecule has 0 aliphatic heterocycles. The molecule has 0 saturated heterocycles. The SMILES string of the molecule is Cc1nnc2sc(CCNC(=O)Cc3ccc(Cl)cc3)nn12. The van der Waals surface area contributed by atoms with Crippen molar-refractivity contribution in [1.29, 1.82) is 0 Å². The molecule has 6 nitrogen and oxygen atoms in total. The summed E-state index contributed by atoms with van der Waals surface area (Å²) in [6, 6.07) is 7.28. The topological polar surface area (TPSA) is 72.2 Å². The van der Waals surface area contributed by atoms with Crippen molar-refractivity contribution in [2.45, 2.75) is 19.8 Å². The number of carbonyl (C=O) groups excluding carboxylic acids is 1. The normalized spacial score (nSPS) is 11.0. The molecule has 1 aromatic carbocycles. The average Bonchev–Trinajstić information content (AvgIpc) is 3.04. The van der Waals surface area contributed by atoms with Crippen molar-refractivity contribution in [3.8, 4) is 0 Å². The molecule has 0 aliphatic rings. The number of hydrogen-bond acceptors (Lipinski definition) is 5. The van der Waals surface area contributed by atoms with Gasteiger partial charge in [-0.05, 0) is 24.6 Å². The quantitative estimate of drug-likeness (QED) is 0.774. The van der Waals surface area contributed by atoms with Gasteiger partial charge in [0, 0.05) is 18.0 Å². The van der Waals surface area contributed by atoms with Gasteiger partial charge in [0.05, 0.1) is 6.42 Å². The largest absolute Gasteiger partial charge is 0.355 e. The molecule has 0 aliphatic carbocycles. The second-order valence-electron chi connectivity index (χ2n) is 4.84. The van der Waals surface area contributed by atoms with Crippen LogP contribution in [0, 0.1) is 6.92 Å². The summed E-state index contributed by atoms with van der Waals surface area (Å²) in [5.74, 6) is 0.755. The van der Waals surface area contributed by atoms with E-state index >= 15 is 0 Å². The van der Waals surface area contributed by atoms with E-state index in [1.165, 1.54) is 11.3 Å². The highest BCUT2D eigenvalue weighted by Crippen LogP contribution is 2.13. The molecule has 0 bridgehead atoms. The number of aromatic nitrogens is 4. The standard InChI is InChI=1S/C14H14ClN5OS/c1-9-17-18-14-20(9)19-13(22-14)6-7-16-12(21)8-10-2-4-11(15)5-3-10/h2-5H,6-8H2,1H3,(H,16,21). The first kappa shape index (κ1) is 14.9. The molecule has 3 rings (SSSR count). The van der Waals surface area contributed by atoms with Crippen LogP contribution in [0.25, 0.3) is 4.96 Å². The fourth-order valence-corrected chi connectivity index (χ4v) is 3.02. The van der Waals surface area contributed by atoms with E-state index in [9.17, 15) is 4.79 Å². The lowest BCUT2D eigenvalue weighted by atomic mass is 10.1. The molecule has 3 aromatic rings. The van der Waals surface area contributed by atoms with Crippen molar-refractivity contribution in [2.75, 3.05) is 6.54 Å². The smallest absolute Gasteiger partial charge is 0.234 e. The van der Waals surface area contributed by atoms with Crippen LogP contribution >= 0.6 is 22.9 Å². The maximum Gasteiger partial charge on any atom is 0.234 e. The van der Waals surface area contributed by atoms with Gasteiger partial charge in [-0.15, -0.1) is 10.2 Å². The molecule has 0 saturated carbocycles. The van der Waals surface area contributed by atoms with Gasteiger partial charge in [-0.25, -0.2) is 0 Å². The predicted molar refractivity (Wildman–Crippen MR) is 85.3 cm³/mol. The van der Waals surface area contributed by atoms with Crippen LogP contribution in [0.5, 0.6) is 0 Å². The summed E-state index contributed by atoms with van der Waals surface area (Å²) in [4.78, 5) is 12.7. The second-order valence-corrected chi connectivity index (χ2v) is 6.32. The Kier molecular flexibility index (Phi) is 4.35. The monoisotopic (exact) mass is 335 g/mol. The molecule has 114 valence electrons. The Hall–Kier alpha value is -1.99. The summed E-state index contributed by atoms with van der Waals surface area (Å²) < 4.78 is 1.72. The van der Waals surface area contributed by atoms with Gasteiger partial charge in [-0.3, -0.25) is 4.79 Å². The van der Waals surface area contributed by atoms with Gasteiger partial charge < -0.3 is 5.32 Å². The number of amides is 1. The minimum Gasteiger partial charge on any atom is -0.355 e. The third-order valence-electron chi connectivity index (χ3n) is 3.13. The van der Waals surface area contributed by atoms with E-state index in [1.807, 2.05) is 19.1 Å². The predicted octanol–water partition coefficient (Wildman–Crippen LogP) is 2.05. The number of aryl methyl sites for hydroxylation is 1. The van der Waals surface area contributed by atoms with Crippen LogP contribution in [0.4, 0.5) is 0 Å². The molecule has 0 radical (unpaired) electrons. The van der Waals surface area contributed by atoms with Crippen LogP contribution in [0.3, 0.4) is 0 Å². The van der Waals surface area contributed by atoms with E-state index in [-0.39, 0.29) is 5.91 Å². The Morgan fingerprint density at radius 3 is 2.82 bits per heavy atom. The van der Waals surface area contributed by atoms with E-state index in [2.05, 4.69) is 20.6 Å². The van der Waals surface area contributed by atoms with Crippen molar-refractivity contribution in [3.05, 3.63) is 45.7 Å². The van der Waals surface area contributed by atoms with Gasteiger partial charge in [0.15, 0.2) is 5.82 Å². The molecule has 0 atom stereocenters. The maximum absolute atomic E-state index is 11.9. The van der Waals surface area contributed by atoms with Crippen molar-refractivity contribution in [1.82, 2.24) is 25.1 Å². The zero-order valence-electron chi connectivity index (χ0n) is 11.9. The highest BCUT2D eigenvalue weighted by molar-refractivity contribution is 7.16. The number of nitrogens with zero attached hydrogens (tertiary/aromatic N) is 4. The Balaban J connectivity index is 1.49. The molecule has 1 amide bonds. The van der Waals surface area contributed by atoms with Crippen molar-refractivity contribution in [3.63, 3.8) is 0 Å². The molecule has 2 heterocycles.